The van der Waals surface area contributed by atoms with E-state index >= 15 is 0 Å². The van der Waals surface area contributed by atoms with Crippen LogP contribution in [0.5, 0.6) is 0 Å². The molecule has 1 rings (SSSR count). The summed E-state index contributed by atoms with van der Waals surface area (Å²) < 4.78 is 11.2. The highest BCUT2D eigenvalue weighted by Crippen LogP contribution is 2.22. The smallest absolute Gasteiger partial charge is 0.217 e. The van der Waals surface area contributed by atoms with Gasteiger partial charge in [-0.2, -0.15) is 0 Å². The first-order chi connectivity index (χ1) is 11.5. The van der Waals surface area contributed by atoms with Gasteiger partial charge >= 0.3 is 0 Å². The molecule has 24 heavy (non-hydrogen) atoms. The van der Waals surface area contributed by atoms with E-state index in [4.69, 9.17) is 9.47 Å². The lowest BCUT2D eigenvalue weighted by Crippen LogP contribution is -2.64. The maximum absolute atomic E-state index is 11.3. The van der Waals surface area contributed by atoms with Crippen LogP contribution in [0.1, 0.15) is 58.8 Å². The molecule has 0 aromatic carbocycles. The van der Waals surface area contributed by atoms with E-state index in [9.17, 15) is 20.1 Å². The van der Waals surface area contributed by atoms with Gasteiger partial charge in [-0.3, -0.25) is 4.79 Å². The number of carbonyl (C=O) groups is 1. The Labute approximate surface area is 144 Å². The Morgan fingerprint density at radius 1 is 1.08 bits per heavy atom. The number of aliphatic hydroxyl groups is 3. The second kappa shape index (κ2) is 11.8. The van der Waals surface area contributed by atoms with Crippen molar-refractivity contribution < 1.29 is 29.6 Å². The molecule has 142 valence electrons. The number of ether oxygens (including phenoxy) is 2. The van der Waals surface area contributed by atoms with Crippen LogP contribution in [0.25, 0.3) is 0 Å². The van der Waals surface area contributed by atoms with Crippen molar-refractivity contribution in [1.29, 1.82) is 0 Å². The minimum absolute atomic E-state index is 0.346. The number of hydrogen-bond donors (Lipinski definition) is 4. The van der Waals surface area contributed by atoms with Gasteiger partial charge in [-0.15, -0.1) is 0 Å². The fourth-order valence-corrected chi connectivity index (χ4v) is 2.87. The summed E-state index contributed by atoms with van der Waals surface area (Å²) in [6.45, 7) is 3.52. The van der Waals surface area contributed by atoms with E-state index in [0.717, 1.165) is 19.3 Å². The first-order valence-corrected chi connectivity index (χ1v) is 9.02. The van der Waals surface area contributed by atoms with Crippen LogP contribution in [0.2, 0.25) is 0 Å². The Kier molecular flexibility index (Phi) is 10.4. The molecule has 1 aliphatic heterocycles. The zero-order chi connectivity index (χ0) is 17.9. The zero-order valence-corrected chi connectivity index (χ0v) is 14.8. The van der Waals surface area contributed by atoms with Crippen LogP contribution >= 0.6 is 0 Å². The van der Waals surface area contributed by atoms with E-state index in [0.29, 0.717) is 6.61 Å². The van der Waals surface area contributed by atoms with Crippen LogP contribution in [0.15, 0.2) is 0 Å². The molecule has 0 radical (unpaired) electrons. The van der Waals surface area contributed by atoms with Gasteiger partial charge in [0.1, 0.15) is 24.4 Å². The second-order valence-corrected chi connectivity index (χ2v) is 6.43. The summed E-state index contributed by atoms with van der Waals surface area (Å²) in [5, 5.41) is 31.8. The number of rotatable bonds is 11. The van der Waals surface area contributed by atoms with Crippen molar-refractivity contribution in [1.82, 2.24) is 5.32 Å². The molecule has 0 aliphatic carbocycles. The Balaban J connectivity index is 2.39. The van der Waals surface area contributed by atoms with Gasteiger partial charge in [0, 0.05) is 13.5 Å². The minimum Gasteiger partial charge on any atom is -0.394 e. The molecule has 0 saturated carbocycles. The predicted octanol–water partition coefficient (Wildman–Crippen LogP) is 0.697. The Morgan fingerprint density at radius 2 is 1.71 bits per heavy atom. The number of unbranched alkanes of at least 4 members (excludes halogenated alkanes) is 6. The molecule has 5 atom stereocenters. The number of hydrogen-bond acceptors (Lipinski definition) is 6. The fourth-order valence-electron chi connectivity index (χ4n) is 2.87. The van der Waals surface area contributed by atoms with Crippen LogP contribution in [-0.2, 0) is 14.3 Å². The molecule has 0 aromatic heterocycles. The van der Waals surface area contributed by atoms with E-state index in [-0.39, 0.29) is 5.91 Å². The molecule has 1 heterocycles. The van der Waals surface area contributed by atoms with Gasteiger partial charge in [-0.25, -0.2) is 0 Å². The summed E-state index contributed by atoms with van der Waals surface area (Å²) in [4.78, 5) is 11.3. The van der Waals surface area contributed by atoms with E-state index in [1.165, 1.54) is 32.6 Å². The highest BCUT2D eigenvalue weighted by atomic mass is 16.7. The normalized spacial score (nSPS) is 30.3. The lowest BCUT2D eigenvalue weighted by atomic mass is 9.97. The number of carbonyl (C=O) groups excluding carboxylic acids is 1. The molecule has 1 fully saturated rings. The van der Waals surface area contributed by atoms with Gasteiger partial charge in [0.05, 0.1) is 6.61 Å². The third-order valence-corrected chi connectivity index (χ3v) is 4.28. The van der Waals surface area contributed by atoms with Gasteiger partial charge in [-0.1, -0.05) is 45.4 Å². The average Bonchev–Trinajstić information content (AvgIpc) is 2.55. The van der Waals surface area contributed by atoms with Gasteiger partial charge in [0.15, 0.2) is 6.29 Å². The summed E-state index contributed by atoms with van der Waals surface area (Å²) in [5.41, 5.74) is 0. The largest absolute Gasteiger partial charge is 0.394 e. The molecule has 7 heteroatoms. The van der Waals surface area contributed by atoms with Crippen molar-refractivity contribution in [3.05, 3.63) is 0 Å². The van der Waals surface area contributed by atoms with E-state index in [1.807, 2.05) is 0 Å². The molecule has 0 aromatic rings. The van der Waals surface area contributed by atoms with Crippen molar-refractivity contribution in [3.8, 4) is 0 Å². The molecular formula is C17H33NO6. The van der Waals surface area contributed by atoms with Crippen LogP contribution in [0.3, 0.4) is 0 Å². The van der Waals surface area contributed by atoms with Gasteiger partial charge in [0.25, 0.3) is 0 Å². The quantitative estimate of drug-likeness (QED) is 0.410. The Morgan fingerprint density at radius 3 is 2.29 bits per heavy atom. The molecule has 7 nitrogen and oxygen atoms in total. The zero-order valence-electron chi connectivity index (χ0n) is 14.8. The average molecular weight is 347 g/mol. The number of amides is 1. The summed E-state index contributed by atoms with van der Waals surface area (Å²) >= 11 is 0. The first-order valence-electron chi connectivity index (χ1n) is 9.02. The molecule has 1 amide bonds. The minimum atomic E-state index is -1.27. The highest BCUT2D eigenvalue weighted by molar-refractivity contribution is 5.73. The summed E-state index contributed by atoms with van der Waals surface area (Å²) in [5.74, 6) is -0.346. The Bertz CT molecular complexity index is 354. The topological polar surface area (TPSA) is 108 Å². The van der Waals surface area contributed by atoms with Crippen LogP contribution in [0.4, 0.5) is 0 Å². The Hall–Kier alpha value is -0.730. The lowest BCUT2D eigenvalue weighted by Gasteiger charge is -2.42. The fraction of sp³-hybridized carbons (Fsp3) is 0.941. The van der Waals surface area contributed by atoms with Gasteiger partial charge in [0.2, 0.25) is 5.91 Å². The standard InChI is InChI=1S/C17H33NO6/c1-3-4-5-6-7-8-9-10-23-17-14(18-12(2)20)16(22)15(21)13(11-19)24-17/h13-17,19,21-22H,3-11H2,1-2H3,(H,18,20)/t13-,14-,15+,16-,17-/m0/s1. The summed E-state index contributed by atoms with van der Waals surface area (Å²) in [6.07, 6.45) is 3.72. The van der Waals surface area contributed by atoms with Gasteiger partial charge < -0.3 is 30.1 Å². The van der Waals surface area contributed by atoms with E-state index in [2.05, 4.69) is 12.2 Å². The molecule has 0 unspecified atom stereocenters. The molecular weight excluding hydrogens is 314 g/mol. The third-order valence-electron chi connectivity index (χ3n) is 4.28. The lowest BCUT2D eigenvalue weighted by molar-refractivity contribution is -0.270. The van der Waals surface area contributed by atoms with Crippen molar-refractivity contribution >= 4 is 5.91 Å². The predicted molar refractivity (Wildman–Crippen MR) is 89.3 cm³/mol. The van der Waals surface area contributed by atoms with E-state index in [1.54, 1.807) is 0 Å². The molecule has 1 aliphatic rings. The van der Waals surface area contributed by atoms with E-state index < -0.39 is 37.3 Å². The molecule has 1 saturated heterocycles. The summed E-state index contributed by atoms with van der Waals surface area (Å²) in [6, 6.07) is -0.857. The SMILES string of the molecule is CCCCCCCCCO[C@H]1O[C@@H](CO)[C@@H](O)[C@@H](O)[C@@H]1NC(C)=O. The van der Waals surface area contributed by atoms with Gasteiger partial charge in [-0.05, 0) is 6.42 Å². The first kappa shape index (κ1) is 21.3. The van der Waals surface area contributed by atoms with Crippen LogP contribution < -0.4 is 5.32 Å². The molecule has 0 bridgehead atoms. The maximum Gasteiger partial charge on any atom is 0.217 e. The monoisotopic (exact) mass is 347 g/mol. The summed E-state index contributed by atoms with van der Waals surface area (Å²) in [7, 11) is 0. The van der Waals surface area contributed by atoms with Crippen molar-refractivity contribution in [3.63, 3.8) is 0 Å². The van der Waals surface area contributed by atoms with Crippen LogP contribution in [-0.4, -0.2) is 65.1 Å². The van der Waals surface area contributed by atoms with Crippen molar-refractivity contribution in [2.24, 2.45) is 0 Å². The highest BCUT2D eigenvalue weighted by Gasteiger charge is 2.45. The maximum atomic E-state index is 11.3. The van der Waals surface area contributed by atoms with Crippen molar-refractivity contribution in [2.45, 2.75) is 89.4 Å². The van der Waals surface area contributed by atoms with Crippen molar-refractivity contribution in [2.75, 3.05) is 13.2 Å². The van der Waals surface area contributed by atoms with Crippen LogP contribution in [0, 0.1) is 0 Å². The second-order valence-electron chi connectivity index (χ2n) is 6.43. The number of aliphatic hydroxyl groups excluding tert-OH is 3. The number of nitrogens with one attached hydrogen (secondary N) is 1. The molecule has 4 N–H and O–H groups in total. The third kappa shape index (κ3) is 7.03. The molecule has 0 spiro atoms.